The van der Waals surface area contributed by atoms with Gasteiger partial charge in [0, 0.05) is 40.4 Å². The van der Waals surface area contributed by atoms with E-state index in [1.165, 1.54) is 23.1 Å². The number of thioether (sulfide) groups is 1. The van der Waals surface area contributed by atoms with Gasteiger partial charge in [0.2, 0.25) is 0 Å². The molecule has 4 heterocycles. The summed E-state index contributed by atoms with van der Waals surface area (Å²) in [4.78, 5) is 9.27. The summed E-state index contributed by atoms with van der Waals surface area (Å²) in [6.07, 6.45) is 4.45. The number of thiazole rings is 1. The highest BCUT2D eigenvalue weighted by atomic mass is 79.9. The molecule has 5 atom stereocenters. The molecule has 4 rings (SSSR count). The Morgan fingerprint density at radius 3 is 2.97 bits per heavy atom. The van der Waals surface area contributed by atoms with Crippen molar-refractivity contribution in [2.24, 2.45) is 0 Å². The minimum Gasteiger partial charge on any atom is -0.394 e. The lowest BCUT2D eigenvalue weighted by atomic mass is 9.97. The molecule has 0 amide bonds. The van der Waals surface area contributed by atoms with Crippen LogP contribution in [-0.4, -0.2) is 72.6 Å². The Balaban J connectivity index is 1.65. The summed E-state index contributed by atoms with van der Waals surface area (Å²) < 4.78 is 14.1. The summed E-state index contributed by atoms with van der Waals surface area (Å²) in [5.41, 5.74) is 0.101. The lowest BCUT2D eigenvalue weighted by Gasteiger charge is -2.43. The van der Waals surface area contributed by atoms with Crippen molar-refractivity contribution in [3.05, 3.63) is 40.7 Å². The Morgan fingerprint density at radius 1 is 1.41 bits per heavy atom. The van der Waals surface area contributed by atoms with Crippen molar-refractivity contribution in [1.82, 2.24) is 25.0 Å². The molecule has 1 aliphatic rings. The number of halogens is 1. The molecule has 0 saturated carbocycles. The van der Waals surface area contributed by atoms with Crippen LogP contribution in [0.4, 0.5) is 0 Å². The zero-order valence-electron chi connectivity index (χ0n) is 15.2. The highest BCUT2D eigenvalue weighted by Crippen LogP contribution is 2.39. The number of hydrogen-bond donors (Lipinski definition) is 2. The van der Waals surface area contributed by atoms with Crippen LogP contribution in [0, 0.1) is 0 Å². The van der Waals surface area contributed by atoms with Crippen molar-refractivity contribution in [1.29, 1.82) is 0 Å². The SMILES string of the molecule is CO[C@H]1C(n2cc(-c3nccs3)nn2)[C@@H](O)C(CO)O[C@@H]1Sc1cncc(Br)c1. The molecule has 3 aromatic heterocycles. The molecule has 12 heteroatoms. The topological polar surface area (TPSA) is 115 Å². The fourth-order valence-electron chi connectivity index (χ4n) is 3.17. The summed E-state index contributed by atoms with van der Waals surface area (Å²) in [6.45, 7) is -0.337. The van der Waals surface area contributed by atoms with Gasteiger partial charge >= 0.3 is 0 Å². The van der Waals surface area contributed by atoms with E-state index in [-0.39, 0.29) is 6.61 Å². The van der Waals surface area contributed by atoms with Crippen LogP contribution in [0.15, 0.2) is 45.6 Å². The number of aliphatic hydroxyl groups is 2. The predicted molar refractivity (Wildman–Crippen MR) is 111 cm³/mol. The number of hydrogen-bond acceptors (Lipinski definition) is 10. The van der Waals surface area contributed by atoms with Crippen LogP contribution in [0.1, 0.15) is 6.04 Å². The monoisotopic (exact) mass is 499 g/mol. The van der Waals surface area contributed by atoms with Crippen molar-refractivity contribution < 1.29 is 19.7 Å². The molecule has 1 saturated heterocycles. The van der Waals surface area contributed by atoms with Crippen LogP contribution in [0.3, 0.4) is 0 Å². The summed E-state index contributed by atoms with van der Waals surface area (Å²) in [6, 6.07) is 1.31. The Bertz CT molecular complexity index is 944. The van der Waals surface area contributed by atoms with E-state index < -0.39 is 29.8 Å². The van der Waals surface area contributed by atoms with Crippen LogP contribution in [0.2, 0.25) is 0 Å². The van der Waals surface area contributed by atoms with Gasteiger partial charge in [-0.1, -0.05) is 17.0 Å². The summed E-state index contributed by atoms with van der Waals surface area (Å²) in [7, 11) is 1.55. The number of rotatable bonds is 6. The van der Waals surface area contributed by atoms with Crippen molar-refractivity contribution in [3.8, 4) is 10.7 Å². The molecule has 2 N–H and O–H groups in total. The highest BCUT2D eigenvalue weighted by Gasteiger charge is 2.47. The Morgan fingerprint density at radius 2 is 2.28 bits per heavy atom. The molecule has 0 bridgehead atoms. The Kier molecular flexibility index (Phi) is 6.59. The summed E-state index contributed by atoms with van der Waals surface area (Å²) in [5.74, 6) is 0. The van der Waals surface area contributed by atoms with Crippen LogP contribution in [0.5, 0.6) is 0 Å². The third-order valence-electron chi connectivity index (χ3n) is 4.50. The number of nitrogens with zero attached hydrogens (tertiary/aromatic N) is 5. The van der Waals surface area contributed by atoms with E-state index in [0.29, 0.717) is 5.69 Å². The lowest BCUT2D eigenvalue weighted by Crippen LogP contribution is -2.55. The maximum atomic E-state index is 10.9. The van der Waals surface area contributed by atoms with Crippen molar-refractivity contribution in [2.45, 2.75) is 34.7 Å². The first kappa shape index (κ1) is 20.8. The van der Waals surface area contributed by atoms with E-state index in [1.807, 2.05) is 11.4 Å². The second kappa shape index (κ2) is 9.16. The van der Waals surface area contributed by atoms with E-state index in [2.05, 4.69) is 36.2 Å². The van der Waals surface area contributed by atoms with Gasteiger partial charge in [-0.2, -0.15) is 0 Å². The first-order chi connectivity index (χ1) is 14.1. The third kappa shape index (κ3) is 4.38. The van der Waals surface area contributed by atoms with E-state index in [4.69, 9.17) is 9.47 Å². The van der Waals surface area contributed by atoms with E-state index in [1.54, 1.807) is 36.6 Å². The second-order valence-corrected chi connectivity index (χ2v) is 9.27. The van der Waals surface area contributed by atoms with Gasteiger partial charge in [-0.05, 0) is 22.0 Å². The molecule has 2 unspecified atom stereocenters. The number of methoxy groups -OCH3 is 1. The molecule has 0 radical (unpaired) electrons. The maximum absolute atomic E-state index is 10.9. The maximum Gasteiger partial charge on any atom is 0.145 e. The third-order valence-corrected chi connectivity index (χ3v) is 6.83. The summed E-state index contributed by atoms with van der Waals surface area (Å²) in [5, 5.41) is 31.6. The number of aromatic nitrogens is 5. The standard InChI is InChI=1S/C17H18BrN5O4S2/c1-26-15-13(23-7-11(21-22-23)16-20-2-3-28-16)14(25)12(8-24)27-17(15)29-10-4-9(18)5-19-6-10/h2-7,12-15,17,24-25H,8H2,1H3/t12?,13?,14-,15-,17+/m0/s1. The smallest absolute Gasteiger partial charge is 0.145 e. The molecule has 3 aromatic rings. The van der Waals surface area contributed by atoms with Gasteiger partial charge in [0.25, 0.3) is 0 Å². The fraction of sp³-hybridized carbons (Fsp3) is 0.412. The first-order valence-electron chi connectivity index (χ1n) is 8.66. The molecule has 1 aliphatic heterocycles. The molecule has 154 valence electrons. The van der Waals surface area contributed by atoms with Gasteiger partial charge in [-0.15, -0.1) is 16.4 Å². The van der Waals surface area contributed by atoms with E-state index >= 15 is 0 Å². The van der Waals surface area contributed by atoms with Gasteiger partial charge in [0.05, 0.1) is 12.8 Å². The lowest BCUT2D eigenvalue weighted by molar-refractivity contribution is -0.186. The highest BCUT2D eigenvalue weighted by molar-refractivity contribution is 9.10. The number of ether oxygens (including phenoxy) is 2. The molecule has 1 fully saturated rings. The van der Waals surface area contributed by atoms with Crippen molar-refractivity contribution in [2.75, 3.05) is 13.7 Å². The summed E-state index contributed by atoms with van der Waals surface area (Å²) >= 11 is 6.26. The van der Waals surface area contributed by atoms with Crippen LogP contribution in [-0.2, 0) is 9.47 Å². The van der Waals surface area contributed by atoms with Crippen molar-refractivity contribution in [3.63, 3.8) is 0 Å². The minimum atomic E-state index is -1.03. The Labute approximate surface area is 183 Å². The predicted octanol–water partition coefficient (Wildman–Crippen LogP) is 1.99. The fourth-order valence-corrected chi connectivity index (χ4v) is 5.46. The normalized spacial score (nSPS) is 27.2. The average Bonchev–Trinajstić information content (AvgIpc) is 3.40. The number of aliphatic hydroxyl groups excluding tert-OH is 2. The molecular formula is C17H18BrN5O4S2. The van der Waals surface area contributed by atoms with E-state index in [0.717, 1.165) is 14.4 Å². The Hall–Kier alpha value is -1.41. The zero-order valence-corrected chi connectivity index (χ0v) is 18.4. The molecule has 9 nitrogen and oxygen atoms in total. The minimum absolute atomic E-state index is 0.337. The second-order valence-electron chi connectivity index (χ2n) is 6.28. The number of pyridine rings is 1. The average molecular weight is 500 g/mol. The van der Waals surface area contributed by atoms with Crippen LogP contribution < -0.4 is 0 Å². The zero-order chi connectivity index (χ0) is 20.4. The van der Waals surface area contributed by atoms with Crippen molar-refractivity contribution >= 4 is 39.0 Å². The molecule has 0 aromatic carbocycles. The van der Waals surface area contributed by atoms with E-state index in [9.17, 15) is 10.2 Å². The van der Waals surface area contributed by atoms with Gasteiger partial charge in [0.1, 0.15) is 40.5 Å². The molecule has 0 spiro atoms. The molecule has 0 aliphatic carbocycles. The van der Waals surface area contributed by atoms with Crippen LogP contribution in [0.25, 0.3) is 10.7 Å². The first-order valence-corrected chi connectivity index (χ1v) is 11.2. The van der Waals surface area contributed by atoms with Gasteiger partial charge in [0.15, 0.2) is 0 Å². The molecular weight excluding hydrogens is 482 g/mol. The quantitative estimate of drug-likeness (QED) is 0.524. The van der Waals surface area contributed by atoms with Gasteiger partial charge in [-0.3, -0.25) is 4.98 Å². The largest absolute Gasteiger partial charge is 0.394 e. The van der Waals surface area contributed by atoms with Gasteiger partial charge in [-0.25, -0.2) is 9.67 Å². The van der Waals surface area contributed by atoms with Gasteiger partial charge < -0.3 is 19.7 Å². The molecule has 29 heavy (non-hydrogen) atoms. The van der Waals surface area contributed by atoms with Crippen LogP contribution >= 0.6 is 39.0 Å².